The van der Waals surface area contributed by atoms with Gasteiger partial charge in [0.2, 0.25) is 5.91 Å². The average molecular weight is 1130 g/mol. The van der Waals surface area contributed by atoms with Gasteiger partial charge in [0.1, 0.15) is 19.3 Å². The van der Waals surface area contributed by atoms with Gasteiger partial charge in [-0.2, -0.15) is 0 Å². The van der Waals surface area contributed by atoms with Crippen LogP contribution in [0.15, 0.2) is 85.1 Å². The first kappa shape index (κ1) is 76.2. The maximum absolute atomic E-state index is 13.5. The molecular weight excluding hydrogens is 1000 g/mol. The van der Waals surface area contributed by atoms with E-state index in [0.717, 1.165) is 70.6 Å². The van der Waals surface area contributed by atoms with Gasteiger partial charge in [-0.15, -0.1) is 0 Å². The molecule has 79 heavy (non-hydrogen) atoms. The van der Waals surface area contributed by atoms with E-state index < -0.39 is 26.6 Å². The molecule has 0 aromatic rings. The lowest BCUT2D eigenvalue weighted by Crippen LogP contribution is -2.47. The molecule has 3 unspecified atom stereocenters. The molecule has 0 rings (SSSR count). The van der Waals surface area contributed by atoms with Crippen molar-refractivity contribution in [2.75, 3.05) is 40.9 Å². The fourth-order valence-corrected chi connectivity index (χ4v) is 9.92. The summed E-state index contributed by atoms with van der Waals surface area (Å²) >= 11 is 0. The number of nitrogens with one attached hydrogen (secondary N) is 1. The lowest BCUT2D eigenvalue weighted by molar-refractivity contribution is -0.870. The fraction of sp³-hybridized carbons (Fsp3) is 0.768. The van der Waals surface area contributed by atoms with Crippen LogP contribution >= 0.6 is 7.82 Å². The molecule has 1 N–H and O–H groups in total. The second-order valence-corrected chi connectivity index (χ2v) is 24.7. The molecule has 0 heterocycles. The fourth-order valence-electron chi connectivity index (χ4n) is 9.19. The standard InChI is InChI=1S/C69H125N2O7P/c1-7-10-13-16-19-22-25-28-30-32-33-34-35-36-37-39-41-44-47-50-53-56-59-62-69(73)78-67(60-57-54-51-48-45-42-27-24-21-18-15-12-9-3)66(65-77-79(74,75)76-64-63-71(4,5)6)70-68(72)61-58-55-52-49-46-43-40-38-31-29-26-23-20-17-14-11-8-2/h19-20,22-23,28-31,40,43,49,52,57,60,66-67H,7-18,21,24-27,32-39,41-42,44-48,50-51,53-56,58-59,61-65H2,1-6H3,(H-,70,72,74,75)/b22-19-,23-20-,30-28-,31-29-,43-40-,52-49-,60-57-. The number of rotatable bonds is 59. The third-order valence-corrected chi connectivity index (χ3v) is 15.3. The number of phosphoric ester groups is 1. The van der Waals surface area contributed by atoms with Crippen molar-refractivity contribution in [2.24, 2.45) is 0 Å². The predicted molar refractivity (Wildman–Crippen MR) is 339 cm³/mol. The van der Waals surface area contributed by atoms with E-state index in [-0.39, 0.29) is 31.3 Å². The van der Waals surface area contributed by atoms with Crippen LogP contribution in [0.2, 0.25) is 0 Å². The summed E-state index contributed by atoms with van der Waals surface area (Å²) in [7, 11) is 1.15. The summed E-state index contributed by atoms with van der Waals surface area (Å²) < 4.78 is 30.3. The molecular formula is C69H125N2O7P. The molecule has 0 aliphatic rings. The van der Waals surface area contributed by atoms with E-state index in [4.69, 9.17) is 13.8 Å². The summed E-state index contributed by atoms with van der Waals surface area (Å²) in [6, 6.07) is -0.921. The third kappa shape index (κ3) is 59.6. The molecule has 10 heteroatoms. The highest BCUT2D eigenvalue weighted by molar-refractivity contribution is 7.45. The monoisotopic (exact) mass is 1120 g/mol. The van der Waals surface area contributed by atoms with Gasteiger partial charge in [0.05, 0.1) is 33.8 Å². The van der Waals surface area contributed by atoms with Gasteiger partial charge in [-0.1, -0.05) is 260 Å². The summed E-state index contributed by atoms with van der Waals surface area (Å²) in [6.07, 6.45) is 77.0. The normalized spacial score (nSPS) is 14.2. The van der Waals surface area contributed by atoms with Crippen molar-refractivity contribution in [2.45, 2.75) is 303 Å². The molecule has 9 nitrogen and oxygen atoms in total. The number of ether oxygens (including phenoxy) is 1. The Morgan fingerprint density at radius 2 is 0.785 bits per heavy atom. The molecule has 0 aromatic heterocycles. The van der Waals surface area contributed by atoms with E-state index in [1.54, 1.807) is 0 Å². The number of nitrogens with zero attached hydrogens (tertiary/aromatic N) is 1. The van der Waals surface area contributed by atoms with Crippen molar-refractivity contribution >= 4 is 19.7 Å². The maximum atomic E-state index is 13.5. The summed E-state index contributed by atoms with van der Waals surface area (Å²) in [5.74, 6) is -0.604. The minimum absolute atomic E-state index is 0.0349. The second kappa shape index (κ2) is 58.4. The number of likely N-dealkylation sites (N-methyl/N-ethyl adjacent to an activating group) is 1. The van der Waals surface area contributed by atoms with Crippen molar-refractivity contribution in [3.05, 3.63) is 85.1 Å². The van der Waals surface area contributed by atoms with Gasteiger partial charge >= 0.3 is 5.97 Å². The van der Waals surface area contributed by atoms with E-state index in [0.29, 0.717) is 17.4 Å². The van der Waals surface area contributed by atoms with Gasteiger partial charge in [-0.3, -0.25) is 14.2 Å². The molecule has 0 saturated carbocycles. The third-order valence-electron chi connectivity index (χ3n) is 14.3. The number of quaternary nitrogens is 1. The quantitative estimate of drug-likeness (QED) is 0.0212. The molecule has 0 aliphatic carbocycles. The van der Waals surface area contributed by atoms with Crippen LogP contribution in [0.1, 0.15) is 290 Å². The smallest absolute Gasteiger partial charge is 0.306 e. The number of carbonyl (C=O) groups is 2. The zero-order chi connectivity index (χ0) is 57.9. The molecule has 0 saturated heterocycles. The van der Waals surface area contributed by atoms with Gasteiger partial charge in [-0.05, 0) is 102 Å². The average Bonchev–Trinajstić information content (AvgIpc) is 3.41. The zero-order valence-corrected chi connectivity index (χ0v) is 53.2. The number of phosphoric acid groups is 1. The molecule has 0 spiro atoms. The van der Waals surface area contributed by atoms with Gasteiger partial charge in [0.15, 0.2) is 0 Å². The van der Waals surface area contributed by atoms with Gasteiger partial charge < -0.3 is 28.5 Å². The summed E-state index contributed by atoms with van der Waals surface area (Å²) in [6.45, 7) is 6.76. The Hall–Kier alpha value is -2.81. The van der Waals surface area contributed by atoms with Crippen molar-refractivity contribution in [1.82, 2.24) is 5.32 Å². The Morgan fingerprint density at radius 3 is 1.20 bits per heavy atom. The number of unbranched alkanes of at least 4 members (excludes halogenated alkanes) is 31. The predicted octanol–water partition coefficient (Wildman–Crippen LogP) is 19.9. The van der Waals surface area contributed by atoms with Crippen LogP contribution in [0.5, 0.6) is 0 Å². The number of hydrogen-bond donors (Lipinski definition) is 1. The Bertz CT molecular complexity index is 1630. The van der Waals surface area contributed by atoms with E-state index in [1.807, 2.05) is 33.3 Å². The summed E-state index contributed by atoms with van der Waals surface area (Å²) in [5.41, 5.74) is 0. The molecule has 0 bridgehead atoms. The van der Waals surface area contributed by atoms with Crippen LogP contribution in [-0.4, -0.2) is 69.4 Å². The Balaban J connectivity index is 5.25. The number of esters is 1. The minimum atomic E-state index is -4.72. The topological polar surface area (TPSA) is 114 Å². The Kier molecular flexibility index (Phi) is 56.3. The highest BCUT2D eigenvalue weighted by Crippen LogP contribution is 2.38. The van der Waals surface area contributed by atoms with Gasteiger partial charge in [-0.25, -0.2) is 0 Å². The number of amides is 1. The molecule has 0 radical (unpaired) electrons. The number of allylic oxidation sites excluding steroid dienone is 13. The maximum Gasteiger partial charge on any atom is 0.306 e. The van der Waals surface area contributed by atoms with Crippen LogP contribution in [0.25, 0.3) is 0 Å². The first-order valence-corrected chi connectivity index (χ1v) is 34.4. The van der Waals surface area contributed by atoms with Crippen LogP contribution in [0, 0.1) is 0 Å². The van der Waals surface area contributed by atoms with E-state index in [9.17, 15) is 19.0 Å². The van der Waals surface area contributed by atoms with Crippen molar-refractivity contribution in [3.8, 4) is 0 Å². The second-order valence-electron chi connectivity index (χ2n) is 23.3. The number of carbonyl (C=O) groups excluding carboxylic acids is 2. The Labute approximate surface area is 488 Å². The lowest BCUT2D eigenvalue weighted by atomic mass is 10.0. The van der Waals surface area contributed by atoms with Gasteiger partial charge in [0.25, 0.3) is 7.82 Å². The van der Waals surface area contributed by atoms with E-state index >= 15 is 0 Å². The van der Waals surface area contributed by atoms with Crippen LogP contribution in [0.3, 0.4) is 0 Å². The van der Waals surface area contributed by atoms with Crippen molar-refractivity contribution in [3.63, 3.8) is 0 Å². The first-order valence-electron chi connectivity index (χ1n) is 32.9. The number of hydrogen-bond acceptors (Lipinski definition) is 7. The SMILES string of the molecule is CCCCC/C=C\C/C=C\C/C=C\C/C=C\CCCC(=O)NC(COP(=O)([O-])OCC[N+](C)(C)C)C(/C=C\CCCCCCCCCCCCC)OC(=O)CCCCCCCCCCCCCCC/C=C\C/C=C\CCCCC. The van der Waals surface area contributed by atoms with Crippen LogP contribution < -0.4 is 10.2 Å². The van der Waals surface area contributed by atoms with Crippen molar-refractivity contribution < 1.29 is 37.3 Å². The molecule has 0 aliphatic heterocycles. The van der Waals surface area contributed by atoms with Crippen LogP contribution in [-0.2, 0) is 27.9 Å². The zero-order valence-electron chi connectivity index (χ0n) is 52.3. The minimum Gasteiger partial charge on any atom is -0.756 e. The molecule has 1 amide bonds. The van der Waals surface area contributed by atoms with Gasteiger partial charge in [0, 0.05) is 12.8 Å². The Morgan fingerprint density at radius 1 is 0.443 bits per heavy atom. The van der Waals surface area contributed by atoms with E-state index in [1.165, 1.54) is 180 Å². The summed E-state index contributed by atoms with van der Waals surface area (Å²) in [5, 5.41) is 3.00. The van der Waals surface area contributed by atoms with Crippen LogP contribution in [0.4, 0.5) is 0 Å². The van der Waals surface area contributed by atoms with E-state index in [2.05, 4.69) is 99.0 Å². The largest absolute Gasteiger partial charge is 0.756 e. The van der Waals surface area contributed by atoms with Crippen molar-refractivity contribution in [1.29, 1.82) is 0 Å². The molecule has 3 atom stereocenters. The molecule has 0 fully saturated rings. The summed E-state index contributed by atoms with van der Waals surface area (Å²) in [4.78, 5) is 40.0. The lowest BCUT2D eigenvalue weighted by Gasteiger charge is -2.30. The highest BCUT2D eigenvalue weighted by Gasteiger charge is 2.27. The highest BCUT2D eigenvalue weighted by atomic mass is 31.2. The molecule has 458 valence electrons. The first-order chi connectivity index (χ1) is 38.4. The molecule has 0 aromatic carbocycles.